The molecule has 3 rings (SSSR count). The van der Waals surface area contributed by atoms with Crippen LogP contribution in [0.4, 0.5) is 5.88 Å². The summed E-state index contributed by atoms with van der Waals surface area (Å²) >= 11 is 3.25. The van der Waals surface area contributed by atoms with E-state index in [1.54, 1.807) is 12.1 Å². The van der Waals surface area contributed by atoms with E-state index in [4.69, 9.17) is 8.83 Å². The molecule has 0 spiro atoms. The number of furan rings is 1. The van der Waals surface area contributed by atoms with Crippen molar-refractivity contribution in [3.8, 4) is 17.7 Å². The monoisotopic (exact) mass is 350 g/mol. The number of nitrogens with zero attached hydrogens (tertiary/aromatic N) is 4. The number of aromatic nitrogens is 1. The van der Waals surface area contributed by atoms with E-state index < -0.39 is 0 Å². The predicted octanol–water partition coefficient (Wildman–Crippen LogP) is 2.71. The van der Waals surface area contributed by atoms with Gasteiger partial charge in [0.2, 0.25) is 11.6 Å². The zero-order chi connectivity index (χ0) is 14.8. The van der Waals surface area contributed by atoms with Crippen LogP contribution in [0.15, 0.2) is 25.6 Å². The fourth-order valence-corrected chi connectivity index (χ4v) is 2.69. The largest absolute Gasteiger partial charge is 0.444 e. The van der Waals surface area contributed by atoms with Gasteiger partial charge < -0.3 is 18.6 Å². The number of hydrogen-bond acceptors (Lipinski definition) is 6. The fraction of sp³-hybridized carbons (Fsp3) is 0.429. The Morgan fingerprint density at radius 1 is 1.24 bits per heavy atom. The Morgan fingerprint density at radius 3 is 2.81 bits per heavy atom. The first kappa shape index (κ1) is 14.2. The average molecular weight is 351 g/mol. The van der Waals surface area contributed by atoms with Crippen LogP contribution >= 0.6 is 15.9 Å². The molecule has 21 heavy (non-hydrogen) atoms. The van der Waals surface area contributed by atoms with E-state index in [0.717, 1.165) is 32.6 Å². The molecule has 0 atom stereocenters. The lowest BCUT2D eigenvalue weighted by Gasteiger charge is -2.19. The highest BCUT2D eigenvalue weighted by atomic mass is 79.9. The first-order valence-corrected chi connectivity index (χ1v) is 7.57. The van der Waals surface area contributed by atoms with E-state index in [0.29, 0.717) is 27.9 Å². The van der Waals surface area contributed by atoms with E-state index in [1.165, 1.54) is 0 Å². The summed E-state index contributed by atoms with van der Waals surface area (Å²) in [5.74, 6) is 1.39. The molecule has 0 bridgehead atoms. The van der Waals surface area contributed by atoms with Gasteiger partial charge in [0.15, 0.2) is 10.4 Å². The average Bonchev–Trinajstić information content (AvgIpc) is 3.02. The minimum atomic E-state index is 0.307. The third-order valence-electron chi connectivity index (χ3n) is 3.51. The van der Waals surface area contributed by atoms with Crippen molar-refractivity contribution in [2.24, 2.45) is 0 Å². The quantitative estimate of drug-likeness (QED) is 0.829. The molecule has 2 aromatic heterocycles. The summed E-state index contributed by atoms with van der Waals surface area (Å²) in [7, 11) is 2.10. The fourth-order valence-electron chi connectivity index (χ4n) is 2.38. The maximum Gasteiger partial charge on any atom is 0.266 e. The molecule has 1 aliphatic heterocycles. The van der Waals surface area contributed by atoms with Gasteiger partial charge in [0.1, 0.15) is 6.07 Å². The second-order valence-electron chi connectivity index (χ2n) is 5.03. The SMILES string of the molecule is CN1CCCN(c2oc(-c3ccc(Br)o3)nc2C#N)CC1. The molecule has 0 saturated carbocycles. The van der Waals surface area contributed by atoms with Gasteiger partial charge in [-0.25, -0.2) is 0 Å². The summed E-state index contributed by atoms with van der Waals surface area (Å²) < 4.78 is 11.8. The molecule has 110 valence electrons. The molecular formula is C14H15BrN4O2. The van der Waals surface area contributed by atoms with E-state index in [2.05, 4.69) is 43.8 Å². The predicted molar refractivity (Wildman–Crippen MR) is 80.9 cm³/mol. The van der Waals surface area contributed by atoms with Crippen LogP contribution in [0.1, 0.15) is 12.1 Å². The lowest BCUT2D eigenvalue weighted by atomic mass is 10.3. The van der Waals surface area contributed by atoms with Crippen molar-refractivity contribution in [3.63, 3.8) is 0 Å². The highest BCUT2D eigenvalue weighted by molar-refractivity contribution is 9.10. The van der Waals surface area contributed by atoms with Gasteiger partial charge in [0.25, 0.3) is 5.89 Å². The van der Waals surface area contributed by atoms with Gasteiger partial charge in [-0.2, -0.15) is 10.2 Å². The molecule has 0 radical (unpaired) electrons. The molecule has 1 saturated heterocycles. The van der Waals surface area contributed by atoms with E-state index in [9.17, 15) is 5.26 Å². The Balaban J connectivity index is 1.91. The lowest BCUT2D eigenvalue weighted by molar-refractivity contribution is 0.359. The summed E-state index contributed by atoms with van der Waals surface area (Å²) in [4.78, 5) is 8.59. The molecule has 1 fully saturated rings. The summed E-state index contributed by atoms with van der Waals surface area (Å²) in [6.07, 6.45) is 1.03. The van der Waals surface area contributed by atoms with Crippen molar-refractivity contribution in [1.82, 2.24) is 9.88 Å². The molecule has 3 heterocycles. The van der Waals surface area contributed by atoms with Crippen LogP contribution < -0.4 is 4.90 Å². The molecule has 0 unspecified atom stereocenters. The topological polar surface area (TPSA) is 69.4 Å². The Labute approximate surface area is 131 Å². The molecule has 0 aliphatic carbocycles. The standard InChI is InChI=1S/C14H15BrN4O2/c1-18-5-2-6-19(8-7-18)14-10(9-16)17-13(21-14)11-3-4-12(15)20-11/h3-4H,2,5-8H2,1H3. The number of anilines is 1. The van der Waals surface area contributed by atoms with Crippen LogP contribution in [0.25, 0.3) is 11.7 Å². The van der Waals surface area contributed by atoms with Crippen molar-refractivity contribution < 1.29 is 8.83 Å². The van der Waals surface area contributed by atoms with E-state index >= 15 is 0 Å². The smallest absolute Gasteiger partial charge is 0.266 e. The number of rotatable bonds is 2. The number of oxazole rings is 1. The number of likely N-dealkylation sites (N-methyl/N-ethyl adjacent to an activating group) is 1. The molecular weight excluding hydrogens is 336 g/mol. The summed E-state index contributed by atoms with van der Waals surface area (Å²) in [5, 5.41) is 9.29. The zero-order valence-corrected chi connectivity index (χ0v) is 13.3. The van der Waals surface area contributed by atoms with Gasteiger partial charge in [0, 0.05) is 19.6 Å². The normalized spacial score (nSPS) is 16.7. The van der Waals surface area contributed by atoms with Gasteiger partial charge in [-0.1, -0.05) is 0 Å². The minimum absolute atomic E-state index is 0.307. The lowest BCUT2D eigenvalue weighted by Crippen LogP contribution is -2.28. The van der Waals surface area contributed by atoms with Gasteiger partial charge in [-0.05, 0) is 48.1 Å². The first-order valence-electron chi connectivity index (χ1n) is 6.77. The summed E-state index contributed by atoms with van der Waals surface area (Å²) in [6.45, 7) is 3.66. The Bertz CT molecular complexity index is 673. The third-order valence-corrected chi connectivity index (χ3v) is 3.93. The maximum atomic E-state index is 9.29. The zero-order valence-electron chi connectivity index (χ0n) is 11.7. The summed E-state index contributed by atoms with van der Waals surface area (Å²) in [6, 6.07) is 5.64. The third kappa shape index (κ3) is 2.96. The van der Waals surface area contributed by atoms with Gasteiger partial charge >= 0.3 is 0 Å². The van der Waals surface area contributed by atoms with Crippen LogP contribution in [0.3, 0.4) is 0 Å². The molecule has 1 aliphatic rings. The highest BCUT2D eigenvalue weighted by Crippen LogP contribution is 2.30. The van der Waals surface area contributed by atoms with Crippen molar-refractivity contribution in [3.05, 3.63) is 22.5 Å². The summed E-state index contributed by atoms with van der Waals surface area (Å²) in [5.41, 5.74) is 0.307. The van der Waals surface area contributed by atoms with Crippen molar-refractivity contribution in [2.45, 2.75) is 6.42 Å². The second-order valence-corrected chi connectivity index (χ2v) is 5.81. The molecule has 6 nitrogen and oxygen atoms in total. The van der Waals surface area contributed by atoms with Crippen LogP contribution in [-0.2, 0) is 0 Å². The van der Waals surface area contributed by atoms with Crippen molar-refractivity contribution >= 4 is 21.8 Å². The molecule has 0 N–H and O–H groups in total. The highest BCUT2D eigenvalue weighted by Gasteiger charge is 2.23. The second kappa shape index (κ2) is 5.92. The van der Waals surface area contributed by atoms with Gasteiger partial charge in [0.05, 0.1) is 0 Å². The number of hydrogen-bond donors (Lipinski definition) is 0. The van der Waals surface area contributed by atoms with Crippen LogP contribution in [-0.4, -0.2) is 43.1 Å². The van der Waals surface area contributed by atoms with Crippen molar-refractivity contribution in [1.29, 1.82) is 5.26 Å². The van der Waals surface area contributed by atoms with Gasteiger partial charge in [-0.15, -0.1) is 0 Å². The van der Waals surface area contributed by atoms with E-state index in [-0.39, 0.29) is 0 Å². The molecule has 7 heteroatoms. The van der Waals surface area contributed by atoms with E-state index in [1.807, 2.05) is 0 Å². The maximum absolute atomic E-state index is 9.29. The minimum Gasteiger partial charge on any atom is -0.444 e. The van der Waals surface area contributed by atoms with Crippen LogP contribution in [0.2, 0.25) is 0 Å². The van der Waals surface area contributed by atoms with Gasteiger partial charge in [-0.3, -0.25) is 0 Å². The first-order chi connectivity index (χ1) is 10.2. The Morgan fingerprint density at radius 2 is 2.10 bits per heavy atom. The number of nitriles is 1. The number of halogens is 1. The van der Waals surface area contributed by atoms with Crippen LogP contribution in [0.5, 0.6) is 0 Å². The molecule has 0 amide bonds. The Kier molecular flexibility index (Phi) is 3.99. The molecule has 2 aromatic rings. The Hall–Kier alpha value is -1.78. The van der Waals surface area contributed by atoms with Crippen molar-refractivity contribution in [2.75, 3.05) is 38.1 Å². The van der Waals surface area contributed by atoms with Crippen LogP contribution in [0, 0.1) is 11.3 Å². The molecule has 0 aromatic carbocycles.